The lowest BCUT2D eigenvalue weighted by atomic mass is 10.0. The Balaban J connectivity index is 3.35. The molecule has 0 spiro atoms. The van der Waals surface area contributed by atoms with Gasteiger partial charge < -0.3 is 69.9 Å². The minimum absolute atomic E-state index is 0.00789. The molecular weight excluding hydrogens is 768 g/mol. The van der Waals surface area contributed by atoms with Crippen molar-refractivity contribution < 1.29 is 63.6 Å². The van der Waals surface area contributed by atoms with E-state index in [2.05, 4.69) is 31.6 Å². The van der Waals surface area contributed by atoms with Crippen LogP contribution in [0.5, 0.6) is 0 Å². The van der Waals surface area contributed by atoms with Gasteiger partial charge in [0, 0.05) is 25.8 Å². The van der Waals surface area contributed by atoms with E-state index in [9.17, 15) is 58.5 Å². The first kappa shape index (κ1) is 49.7. The number of nitrogens with one attached hydrogen (secondary N) is 5. The van der Waals surface area contributed by atoms with Crippen molar-refractivity contribution >= 4 is 59.4 Å². The summed E-state index contributed by atoms with van der Waals surface area (Å²) in [6.45, 7) is 0.211. The van der Waals surface area contributed by atoms with Crippen molar-refractivity contribution in [2.45, 2.75) is 107 Å². The van der Waals surface area contributed by atoms with Crippen molar-refractivity contribution in [3.05, 3.63) is 35.9 Å². The summed E-state index contributed by atoms with van der Waals surface area (Å²) in [5, 5.41) is 49.2. The van der Waals surface area contributed by atoms with Crippen LogP contribution < -0.4 is 49.5 Å². The summed E-state index contributed by atoms with van der Waals surface area (Å²) in [6.07, 6.45) is -2.61. The fourth-order valence-corrected chi connectivity index (χ4v) is 5.28. The van der Waals surface area contributed by atoms with Crippen molar-refractivity contribution in [1.82, 2.24) is 26.6 Å². The molecule has 6 atom stereocenters. The Morgan fingerprint density at radius 1 is 0.569 bits per heavy atom. The first-order valence-corrected chi connectivity index (χ1v) is 18.3. The quantitative estimate of drug-likeness (QED) is 0.0211. The summed E-state index contributed by atoms with van der Waals surface area (Å²) in [6, 6.07) is -0.932. The SMILES string of the molecule is NCCCC[C@H](NC(=O)[C@@H](N)CCC(=O)O)C(=O)N[C@@H](CC(=O)O)C(=O)N[C@@H](CCC(=O)O)C(=O)N[C@@H](CCCN=C(N)N)C(=O)N[C@@H](Cc1ccccc1)C(=O)O. The number of carbonyl (C=O) groups excluding carboxylic acids is 5. The van der Waals surface area contributed by atoms with E-state index >= 15 is 0 Å². The molecule has 0 bridgehead atoms. The second kappa shape index (κ2) is 26.5. The molecule has 0 aromatic heterocycles. The predicted molar refractivity (Wildman–Crippen MR) is 204 cm³/mol. The lowest BCUT2D eigenvalue weighted by Crippen LogP contribution is -2.59. The van der Waals surface area contributed by atoms with Crippen LogP contribution >= 0.6 is 0 Å². The molecule has 0 radical (unpaired) electrons. The van der Waals surface area contributed by atoms with Gasteiger partial charge in [0.2, 0.25) is 29.5 Å². The number of carbonyl (C=O) groups is 9. The van der Waals surface area contributed by atoms with E-state index in [1.54, 1.807) is 30.3 Å². The number of aliphatic imine (C=N–C) groups is 1. The molecular formula is C35H54N10O13. The van der Waals surface area contributed by atoms with E-state index in [0.717, 1.165) is 0 Å². The third-order valence-electron chi connectivity index (χ3n) is 8.35. The summed E-state index contributed by atoms with van der Waals surface area (Å²) in [7, 11) is 0. The lowest BCUT2D eigenvalue weighted by molar-refractivity contribution is -0.142. The molecule has 0 aliphatic rings. The van der Waals surface area contributed by atoms with Crippen LogP contribution in [0, 0.1) is 0 Å². The maximum absolute atomic E-state index is 13.7. The van der Waals surface area contributed by atoms with Crippen LogP contribution in [0.1, 0.15) is 69.8 Å². The number of hydrogen-bond acceptors (Lipinski definition) is 12. The average Bonchev–Trinajstić information content (AvgIpc) is 3.15. The largest absolute Gasteiger partial charge is 0.481 e. The average molecular weight is 823 g/mol. The minimum atomic E-state index is -1.90. The molecule has 17 N–H and O–H groups in total. The van der Waals surface area contributed by atoms with Crippen LogP contribution in [0.25, 0.3) is 0 Å². The molecule has 5 amide bonds. The molecule has 0 unspecified atom stereocenters. The van der Waals surface area contributed by atoms with Gasteiger partial charge in [-0.25, -0.2) is 4.79 Å². The fraction of sp³-hybridized carbons (Fsp3) is 0.543. The van der Waals surface area contributed by atoms with Crippen molar-refractivity contribution in [1.29, 1.82) is 0 Å². The van der Waals surface area contributed by atoms with E-state index in [-0.39, 0.29) is 57.6 Å². The molecule has 1 rings (SSSR count). The van der Waals surface area contributed by atoms with Gasteiger partial charge in [0.25, 0.3) is 0 Å². The number of rotatable bonds is 29. The van der Waals surface area contributed by atoms with Crippen LogP contribution in [-0.2, 0) is 49.6 Å². The van der Waals surface area contributed by atoms with Gasteiger partial charge in [-0.3, -0.25) is 43.3 Å². The first-order valence-electron chi connectivity index (χ1n) is 18.3. The molecule has 23 nitrogen and oxygen atoms in total. The van der Waals surface area contributed by atoms with Gasteiger partial charge in [-0.05, 0) is 57.1 Å². The molecule has 23 heteroatoms. The third kappa shape index (κ3) is 20.5. The van der Waals surface area contributed by atoms with Crippen LogP contribution in [0.3, 0.4) is 0 Å². The number of carboxylic acid groups (broad SMARTS) is 4. The molecule has 0 aliphatic heterocycles. The molecule has 0 saturated carbocycles. The highest BCUT2D eigenvalue weighted by Crippen LogP contribution is 2.09. The van der Waals surface area contributed by atoms with Crippen molar-refractivity contribution in [2.75, 3.05) is 13.1 Å². The summed E-state index contributed by atoms with van der Waals surface area (Å²) in [5.74, 6) is -11.1. The Kier molecular flexibility index (Phi) is 22.7. The van der Waals surface area contributed by atoms with Gasteiger partial charge in [-0.2, -0.15) is 0 Å². The highest BCUT2D eigenvalue weighted by molar-refractivity contribution is 5.97. The molecule has 322 valence electrons. The normalized spacial score (nSPS) is 13.8. The highest BCUT2D eigenvalue weighted by Gasteiger charge is 2.34. The van der Waals surface area contributed by atoms with Gasteiger partial charge in [-0.15, -0.1) is 0 Å². The van der Waals surface area contributed by atoms with Crippen molar-refractivity contribution in [3.63, 3.8) is 0 Å². The number of nitrogens with two attached hydrogens (primary N) is 4. The van der Waals surface area contributed by atoms with Crippen LogP contribution in [0.15, 0.2) is 35.3 Å². The molecule has 58 heavy (non-hydrogen) atoms. The van der Waals surface area contributed by atoms with E-state index < -0.39 is 115 Å². The summed E-state index contributed by atoms with van der Waals surface area (Å²) in [5.41, 5.74) is 22.6. The molecule has 0 fully saturated rings. The van der Waals surface area contributed by atoms with Crippen LogP contribution in [0.4, 0.5) is 0 Å². The number of unbranched alkanes of at least 4 members (excludes halogenated alkanes) is 1. The maximum Gasteiger partial charge on any atom is 0.326 e. The Labute approximate surface area is 333 Å². The predicted octanol–water partition coefficient (Wildman–Crippen LogP) is -3.55. The van der Waals surface area contributed by atoms with E-state index in [1.165, 1.54) is 0 Å². The molecule has 1 aromatic carbocycles. The zero-order valence-electron chi connectivity index (χ0n) is 31.8. The smallest absolute Gasteiger partial charge is 0.326 e. The van der Waals surface area contributed by atoms with E-state index in [0.29, 0.717) is 12.0 Å². The monoisotopic (exact) mass is 822 g/mol. The van der Waals surface area contributed by atoms with Crippen molar-refractivity contribution in [3.8, 4) is 0 Å². The topological polar surface area (TPSA) is 411 Å². The molecule has 0 saturated heterocycles. The van der Waals surface area contributed by atoms with Crippen molar-refractivity contribution in [2.24, 2.45) is 27.9 Å². The second-order valence-corrected chi connectivity index (χ2v) is 13.1. The summed E-state index contributed by atoms with van der Waals surface area (Å²) < 4.78 is 0. The second-order valence-electron chi connectivity index (χ2n) is 13.1. The first-order chi connectivity index (χ1) is 27.3. The summed E-state index contributed by atoms with van der Waals surface area (Å²) in [4.78, 5) is 117. The van der Waals surface area contributed by atoms with Gasteiger partial charge in [0.05, 0.1) is 12.5 Å². The number of hydrogen-bond donors (Lipinski definition) is 13. The standard InChI is InChI=1S/C35H54N10O13/c36-15-5-4-9-21(41-29(52)20(37)11-13-26(46)47)30(53)44-24(18-28(50)51)33(56)43-23(12-14-27(48)49)32(55)42-22(10-6-16-40-35(38)39)31(54)45-25(34(57)58)17-19-7-2-1-3-8-19/h1-3,7-8,20-25H,4-6,9-18,36-37H2,(H,41,52)(H,42,55)(H,43,56)(H,44,53)(H,45,54)(H,46,47)(H,48,49)(H,50,51)(H,57,58)(H4,38,39,40)/t20-,21-,22-,23-,24-,25-/m0/s1. The van der Waals surface area contributed by atoms with E-state index in [1.807, 2.05) is 0 Å². The van der Waals surface area contributed by atoms with Crippen LogP contribution in [-0.4, -0.2) is 129 Å². The number of guanidine groups is 1. The fourth-order valence-electron chi connectivity index (χ4n) is 5.28. The lowest BCUT2D eigenvalue weighted by Gasteiger charge is -2.27. The summed E-state index contributed by atoms with van der Waals surface area (Å²) >= 11 is 0. The molecule has 1 aromatic rings. The number of benzene rings is 1. The number of aliphatic carboxylic acids is 4. The molecule has 0 aliphatic carbocycles. The Hall–Kier alpha value is -6.36. The van der Waals surface area contributed by atoms with Gasteiger partial charge in [0.15, 0.2) is 5.96 Å². The molecule has 0 heterocycles. The Bertz CT molecular complexity index is 1610. The third-order valence-corrected chi connectivity index (χ3v) is 8.35. The minimum Gasteiger partial charge on any atom is -0.481 e. The highest BCUT2D eigenvalue weighted by atomic mass is 16.4. The number of nitrogens with zero attached hydrogens (tertiary/aromatic N) is 1. The zero-order valence-corrected chi connectivity index (χ0v) is 31.8. The van der Waals surface area contributed by atoms with E-state index in [4.69, 9.17) is 28.0 Å². The van der Waals surface area contributed by atoms with Gasteiger partial charge >= 0.3 is 23.9 Å². The van der Waals surface area contributed by atoms with Gasteiger partial charge in [0.1, 0.15) is 30.2 Å². The van der Waals surface area contributed by atoms with Gasteiger partial charge in [-0.1, -0.05) is 30.3 Å². The number of amides is 5. The Morgan fingerprint density at radius 2 is 1.03 bits per heavy atom. The Morgan fingerprint density at radius 3 is 1.53 bits per heavy atom. The maximum atomic E-state index is 13.7. The van der Waals surface area contributed by atoms with Crippen LogP contribution in [0.2, 0.25) is 0 Å². The zero-order chi connectivity index (χ0) is 43.8. The number of carboxylic acids is 4.